The quantitative estimate of drug-likeness (QED) is 0.791. The summed E-state index contributed by atoms with van der Waals surface area (Å²) in [4.78, 5) is 28.7. The molecule has 1 saturated carbocycles. The van der Waals surface area contributed by atoms with Gasteiger partial charge in [-0.15, -0.1) is 0 Å². The molecule has 0 saturated heterocycles. The third-order valence-corrected chi connectivity index (χ3v) is 3.84. The minimum absolute atomic E-state index is 0.0197. The van der Waals surface area contributed by atoms with Crippen LogP contribution in [-0.2, 0) is 21.0 Å². The molecule has 2 rings (SSSR count). The Kier molecular flexibility index (Phi) is 5.89. The second-order valence-electron chi connectivity index (χ2n) is 5.52. The van der Waals surface area contributed by atoms with Crippen molar-refractivity contribution in [2.75, 3.05) is 0 Å². The number of carbonyl (C=O) groups is 2. The zero-order valence-electron chi connectivity index (χ0n) is 12.6. The van der Waals surface area contributed by atoms with Gasteiger partial charge in [-0.3, -0.25) is 14.4 Å². The van der Waals surface area contributed by atoms with E-state index in [-0.39, 0.29) is 24.2 Å². The molecule has 2 N–H and O–H groups in total. The average molecular weight is 308 g/mol. The van der Waals surface area contributed by atoms with E-state index in [0.717, 1.165) is 25.7 Å². The second kappa shape index (κ2) is 7.89. The first-order valence-corrected chi connectivity index (χ1v) is 7.54. The molecule has 1 aromatic carbocycles. The Balaban J connectivity index is 1.72. The van der Waals surface area contributed by atoms with Crippen molar-refractivity contribution in [2.45, 2.75) is 45.3 Å². The molecule has 0 unspecified atom stereocenters. The van der Waals surface area contributed by atoms with Crippen molar-refractivity contribution in [3.8, 4) is 0 Å². The van der Waals surface area contributed by atoms with E-state index in [1.54, 1.807) is 18.2 Å². The highest BCUT2D eigenvalue weighted by atomic mass is 19.1. The SMILES string of the molecule is C[C@H](ONC(=O)C1CCCC1)C(=O)NCc1ccccc1F. The van der Waals surface area contributed by atoms with Crippen molar-refractivity contribution in [3.05, 3.63) is 35.6 Å². The largest absolute Gasteiger partial charge is 0.350 e. The Hall–Kier alpha value is -1.95. The molecule has 0 heterocycles. The summed E-state index contributed by atoms with van der Waals surface area (Å²) in [5, 5.41) is 2.58. The fourth-order valence-electron chi connectivity index (χ4n) is 2.44. The maximum atomic E-state index is 13.4. The van der Waals surface area contributed by atoms with Gasteiger partial charge in [-0.05, 0) is 25.8 Å². The van der Waals surface area contributed by atoms with Gasteiger partial charge in [0.05, 0.1) is 0 Å². The van der Waals surface area contributed by atoms with E-state index in [4.69, 9.17) is 4.84 Å². The van der Waals surface area contributed by atoms with Crippen LogP contribution in [-0.4, -0.2) is 17.9 Å². The Morgan fingerprint density at radius 2 is 2.00 bits per heavy atom. The van der Waals surface area contributed by atoms with E-state index >= 15 is 0 Å². The highest BCUT2D eigenvalue weighted by molar-refractivity contribution is 5.81. The zero-order chi connectivity index (χ0) is 15.9. The van der Waals surface area contributed by atoms with Gasteiger partial charge in [0.1, 0.15) is 5.82 Å². The van der Waals surface area contributed by atoms with Crippen LogP contribution in [0.25, 0.3) is 0 Å². The minimum Gasteiger partial charge on any atom is -0.350 e. The van der Waals surface area contributed by atoms with Crippen LogP contribution in [0.2, 0.25) is 0 Å². The molecule has 0 spiro atoms. The predicted molar refractivity (Wildman–Crippen MR) is 78.9 cm³/mol. The molecule has 0 aliphatic heterocycles. The molecular weight excluding hydrogens is 287 g/mol. The number of benzene rings is 1. The first-order chi connectivity index (χ1) is 10.6. The Morgan fingerprint density at radius 3 is 2.68 bits per heavy atom. The number of hydroxylamine groups is 1. The van der Waals surface area contributed by atoms with Gasteiger partial charge < -0.3 is 5.32 Å². The lowest BCUT2D eigenvalue weighted by Crippen LogP contribution is -2.40. The maximum absolute atomic E-state index is 13.4. The fourth-order valence-corrected chi connectivity index (χ4v) is 2.44. The van der Waals surface area contributed by atoms with Crippen molar-refractivity contribution in [2.24, 2.45) is 5.92 Å². The van der Waals surface area contributed by atoms with Crippen LogP contribution in [0.1, 0.15) is 38.2 Å². The van der Waals surface area contributed by atoms with Gasteiger partial charge in [-0.2, -0.15) is 0 Å². The van der Waals surface area contributed by atoms with Gasteiger partial charge in [0.25, 0.3) is 5.91 Å². The number of nitrogens with one attached hydrogen (secondary N) is 2. The highest BCUT2D eigenvalue weighted by Crippen LogP contribution is 2.24. The van der Waals surface area contributed by atoms with Crippen LogP contribution in [0.3, 0.4) is 0 Å². The Morgan fingerprint density at radius 1 is 1.32 bits per heavy atom. The molecule has 1 aliphatic rings. The van der Waals surface area contributed by atoms with E-state index in [1.165, 1.54) is 13.0 Å². The fraction of sp³-hybridized carbons (Fsp3) is 0.500. The molecule has 5 nitrogen and oxygen atoms in total. The van der Waals surface area contributed by atoms with E-state index in [2.05, 4.69) is 10.8 Å². The Bertz CT molecular complexity index is 530. The summed E-state index contributed by atoms with van der Waals surface area (Å²) in [5.41, 5.74) is 2.74. The van der Waals surface area contributed by atoms with Gasteiger partial charge >= 0.3 is 0 Å². The average Bonchev–Trinajstić information content (AvgIpc) is 3.05. The summed E-state index contributed by atoms with van der Waals surface area (Å²) in [7, 11) is 0. The highest BCUT2D eigenvalue weighted by Gasteiger charge is 2.24. The number of rotatable bonds is 6. The molecule has 1 aromatic rings. The normalized spacial score (nSPS) is 16.3. The topological polar surface area (TPSA) is 67.4 Å². The van der Waals surface area contributed by atoms with E-state index in [1.807, 2.05) is 0 Å². The lowest BCUT2D eigenvalue weighted by molar-refractivity contribution is -0.149. The second-order valence-corrected chi connectivity index (χ2v) is 5.52. The van der Waals surface area contributed by atoms with Crippen LogP contribution in [0.4, 0.5) is 4.39 Å². The molecule has 1 atom stereocenters. The van der Waals surface area contributed by atoms with Crippen LogP contribution in [0, 0.1) is 11.7 Å². The molecular formula is C16H21FN2O3. The first-order valence-electron chi connectivity index (χ1n) is 7.54. The third kappa shape index (κ3) is 4.53. The van der Waals surface area contributed by atoms with Gasteiger partial charge in [0.2, 0.25) is 5.91 Å². The molecule has 1 aliphatic carbocycles. The minimum atomic E-state index is -0.836. The van der Waals surface area contributed by atoms with Crippen molar-refractivity contribution in [1.29, 1.82) is 0 Å². The molecule has 120 valence electrons. The van der Waals surface area contributed by atoms with Gasteiger partial charge in [0.15, 0.2) is 6.10 Å². The molecule has 2 amide bonds. The lowest BCUT2D eigenvalue weighted by atomic mass is 10.1. The molecule has 22 heavy (non-hydrogen) atoms. The van der Waals surface area contributed by atoms with Gasteiger partial charge in [-0.1, -0.05) is 31.0 Å². The van der Waals surface area contributed by atoms with Crippen molar-refractivity contribution in [1.82, 2.24) is 10.8 Å². The Labute approximate surface area is 129 Å². The number of hydrogen-bond donors (Lipinski definition) is 2. The third-order valence-electron chi connectivity index (χ3n) is 3.84. The van der Waals surface area contributed by atoms with Crippen molar-refractivity contribution < 1.29 is 18.8 Å². The lowest BCUT2D eigenvalue weighted by Gasteiger charge is -2.15. The molecule has 6 heteroatoms. The molecule has 1 fully saturated rings. The van der Waals surface area contributed by atoms with Crippen LogP contribution in [0.5, 0.6) is 0 Å². The van der Waals surface area contributed by atoms with E-state index in [9.17, 15) is 14.0 Å². The predicted octanol–water partition coefficient (Wildman–Crippen LogP) is 2.07. The number of hydrogen-bond acceptors (Lipinski definition) is 3. The van der Waals surface area contributed by atoms with E-state index < -0.39 is 12.0 Å². The summed E-state index contributed by atoms with van der Waals surface area (Å²) >= 11 is 0. The molecule has 0 bridgehead atoms. The smallest absolute Gasteiger partial charge is 0.251 e. The summed E-state index contributed by atoms with van der Waals surface area (Å²) in [6, 6.07) is 6.23. The van der Waals surface area contributed by atoms with Crippen molar-refractivity contribution in [3.63, 3.8) is 0 Å². The maximum Gasteiger partial charge on any atom is 0.251 e. The standard InChI is InChI=1S/C16H21FN2O3/c1-11(22-19-16(21)12-6-2-3-7-12)15(20)18-10-13-8-4-5-9-14(13)17/h4-5,8-9,11-12H,2-3,6-7,10H2,1H3,(H,18,20)(H,19,21)/t11-/m0/s1. The number of halogens is 1. The summed E-state index contributed by atoms with van der Waals surface area (Å²) in [6.07, 6.45) is 3.00. The van der Waals surface area contributed by atoms with E-state index in [0.29, 0.717) is 5.56 Å². The molecule has 0 aromatic heterocycles. The monoisotopic (exact) mass is 308 g/mol. The summed E-state index contributed by atoms with van der Waals surface area (Å²) in [5.74, 6) is -0.971. The number of amides is 2. The van der Waals surface area contributed by atoms with Crippen LogP contribution in [0.15, 0.2) is 24.3 Å². The molecule has 0 radical (unpaired) electrons. The van der Waals surface area contributed by atoms with Gasteiger partial charge in [-0.25, -0.2) is 9.87 Å². The summed E-state index contributed by atoms with van der Waals surface area (Å²) in [6.45, 7) is 1.61. The number of carbonyl (C=O) groups excluding carboxylic acids is 2. The summed E-state index contributed by atoms with van der Waals surface area (Å²) < 4.78 is 13.4. The van der Waals surface area contributed by atoms with Crippen LogP contribution >= 0.6 is 0 Å². The van der Waals surface area contributed by atoms with Crippen molar-refractivity contribution >= 4 is 11.8 Å². The zero-order valence-corrected chi connectivity index (χ0v) is 12.6. The first kappa shape index (κ1) is 16.4. The van der Waals surface area contributed by atoms with Gasteiger partial charge in [0, 0.05) is 18.0 Å². The van der Waals surface area contributed by atoms with Crippen LogP contribution < -0.4 is 10.8 Å².